The summed E-state index contributed by atoms with van der Waals surface area (Å²) in [5.41, 5.74) is 2.55. The summed E-state index contributed by atoms with van der Waals surface area (Å²) in [6.45, 7) is 4.33. The molecule has 1 N–H and O–H groups in total. The number of carbonyl (C=O) groups is 1. The number of piperidine rings is 1. The molecule has 4 nitrogen and oxygen atoms in total. The van der Waals surface area contributed by atoms with E-state index >= 15 is 0 Å². The van der Waals surface area contributed by atoms with Gasteiger partial charge in [-0.25, -0.2) is 0 Å². The normalized spacial score (nSPS) is 25.7. The van der Waals surface area contributed by atoms with Crippen LogP contribution in [-0.4, -0.2) is 29.9 Å². The molecule has 2 heterocycles. The molecule has 1 atom stereocenters. The molecular weight excluding hydrogens is 372 g/mol. The molecule has 0 aromatic rings. The molecule has 4 aliphatic rings. The van der Waals surface area contributed by atoms with Crippen molar-refractivity contribution in [1.29, 1.82) is 0 Å². The number of carbonyl (C=O) groups excluding carboxylic acids is 1. The van der Waals surface area contributed by atoms with E-state index in [1.165, 1.54) is 62.7 Å². The third-order valence-corrected chi connectivity index (χ3v) is 7.03. The van der Waals surface area contributed by atoms with E-state index in [9.17, 15) is 4.79 Å². The lowest BCUT2D eigenvalue weighted by Gasteiger charge is -2.37. The van der Waals surface area contributed by atoms with Crippen LogP contribution in [0.4, 0.5) is 0 Å². The van der Waals surface area contributed by atoms with Crippen molar-refractivity contribution < 1.29 is 9.21 Å². The van der Waals surface area contributed by atoms with Crippen LogP contribution in [-0.2, 0) is 4.79 Å². The van der Waals surface area contributed by atoms with Crippen molar-refractivity contribution in [2.24, 2.45) is 5.92 Å². The zero-order chi connectivity index (χ0) is 20.8. The quantitative estimate of drug-likeness (QED) is 0.576. The first kappa shape index (κ1) is 21.2. The third kappa shape index (κ3) is 5.34. The summed E-state index contributed by atoms with van der Waals surface area (Å²) in [7, 11) is 0. The fraction of sp³-hybridized carbons (Fsp3) is 0.577. The molecule has 1 saturated carbocycles. The van der Waals surface area contributed by atoms with Crippen molar-refractivity contribution in [3.8, 4) is 11.3 Å². The van der Waals surface area contributed by atoms with Gasteiger partial charge in [-0.05, 0) is 83.0 Å². The lowest BCUT2D eigenvalue weighted by molar-refractivity contribution is -0.121. The van der Waals surface area contributed by atoms with Gasteiger partial charge in [-0.3, -0.25) is 9.69 Å². The summed E-state index contributed by atoms with van der Waals surface area (Å²) < 4.78 is 5.88. The average molecular weight is 409 g/mol. The Kier molecular flexibility index (Phi) is 7.27. The molecule has 2 aliphatic heterocycles. The van der Waals surface area contributed by atoms with Gasteiger partial charge in [-0.15, -0.1) is 0 Å². The van der Waals surface area contributed by atoms with Gasteiger partial charge in [0.15, 0.2) is 0 Å². The number of nitrogens with zero attached hydrogens (tertiary/aromatic N) is 1. The number of hydrogen-bond donors (Lipinski definition) is 1. The van der Waals surface area contributed by atoms with Crippen LogP contribution in [0.1, 0.15) is 76.3 Å². The van der Waals surface area contributed by atoms with Crippen molar-refractivity contribution in [2.45, 2.75) is 76.8 Å². The number of hydrogen-bond acceptors (Lipinski definition) is 3. The van der Waals surface area contributed by atoms with Crippen molar-refractivity contribution in [3.63, 3.8) is 0 Å². The van der Waals surface area contributed by atoms with Gasteiger partial charge in [0, 0.05) is 29.6 Å². The van der Waals surface area contributed by atoms with E-state index in [4.69, 9.17) is 4.42 Å². The van der Waals surface area contributed by atoms with Crippen molar-refractivity contribution in [2.75, 3.05) is 13.1 Å². The summed E-state index contributed by atoms with van der Waals surface area (Å²) in [6, 6.07) is 9.44. The van der Waals surface area contributed by atoms with Gasteiger partial charge in [0.25, 0.3) is 0 Å². The van der Waals surface area contributed by atoms with Gasteiger partial charge in [0.05, 0.1) is 6.26 Å². The second-order valence-corrected chi connectivity index (χ2v) is 9.12. The first-order valence-electron chi connectivity index (χ1n) is 11.8. The van der Waals surface area contributed by atoms with Crippen LogP contribution >= 0.6 is 0 Å². The molecule has 0 radical (unpaired) electrons. The highest BCUT2D eigenvalue weighted by Crippen LogP contribution is 2.36. The number of rotatable bonds is 7. The van der Waals surface area contributed by atoms with Gasteiger partial charge in [-0.1, -0.05) is 30.7 Å². The maximum absolute atomic E-state index is 11.9. The van der Waals surface area contributed by atoms with E-state index in [1.54, 1.807) is 0 Å². The Hall–Kier alpha value is -2.07. The largest absolute Gasteiger partial charge is 0.464 e. The van der Waals surface area contributed by atoms with Crippen LogP contribution in [0, 0.1) is 5.92 Å². The molecule has 30 heavy (non-hydrogen) atoms. The molecule has 2 aliphatic carbocycles. The van der Waals surface area contributed by atoms with E-state index in [-0.39, 0.29) is 5.91 Å². The van der Waals surface area contributed by atoms with Crippen molar-refractivity contribution in [3.05, 3.63) is 48.2 Å². The summed E-state index contributed by atoms with van der Waals surface area (Å²) in [4.78, 5) is 14.6. The first-order chi connectivity index (χ1) is 14.7. The lowest BCUT2D eigenvalue weighted by Crippen LogP contribution is -2.38. The van der Waals surface area contributed by atoms with Crippen molar-refractivity contribution in [1.82, 2.24) is 10.2 Å². The molecule has 1 saturated heterocycles. The Morgan fingerprint density at radius 3 is 2.90 bits per heavy atom. The van der Waals surface area contributed by atoms with E-state index in [0.717, 1.165) is 24.5 Å². The van der Waals surface area contributed by atoms with E-state index in [0.29, 0.717) is 18.5 Å². The van der Waals surface area contributed by atoms with Crippen LogP contribution < -0.4 is 5.32 Å². The number of nitrogens with one attached hydrogen (secondary N) is 1. The zero-order valence-corrected chi connectivity index (χ0v) is 18.3. The number of likely N-dealkylation sites (tertiary alicyclic amines) is 1. The van der Waals surface area contributed by atoms with Crippen LogP contribution in [0.2, 0.25) is 0 Å². The van der Waals surface area contributed by atoms with Gasteiger partial charge < -0.3 is 9.73 Å². The summed E-state index contributed by atoms with van der Waals surface area (Å²) in [5.74, 6) is 1.94. The molecule has 0 aromatic heterocycles. The summed E-state index contributed by atoms with van der Waals surface area (Å²) in [6.07, 6.45) is 16.2. The first-order valence-corrected chi connectivity index (χ1v) is 11.8. The maximum atomic E-state index is 11.9. The minimum atomic E-state index is 0.167. The van der Waals surface area contributed by atoms with Crippen LogP contribution in [0.15, 0.2) is 47.1 Å². The second-order valence-electron chi connectivity index (χ2n) is 9.12. The smallest absolute Gasteiger partial charge is 0.224 e. The minimum Gasteiger partial charge on any atom is -0.464 e. The molecular formula is C26H36N2O2. The highest BCUT2D eigenvalue weighted by molar-refractivity contribution is 5.77. The molecule has 4 rings (SSSR count). The average Bonchev–Trinajstić information content (AvgIpc) is 3.25. The Labute approximate surface area is 181 Å². The van der Waals surface area contributed by atoms with Crippen molar-refractivity contribution >= 4 is 5.91 Å². The van der Waals surface area contributed by atoms with E-state index in [1.807, 2.05) is 31.4 Å². The predicted molar refractivity (Wildman–Crippen MR) is 121 cm³/mol. The SMILES string of the molecule is CC=CCC(=O)N[C@H]1CC[C@H](CCN2CCCCC2c2coc3cccc-3c2)CC1. The second kappa shape index (κ2) is 10.3. The molecule has 0 spiro atoms. The minimum absolute atomic E-state index is 0.167. The summed E-state index contributed by atoms with van der Waals surface area (Å²) in [5, 5.41) is 3.21. The molecule has 0 aromatic carbocycles. The Balaban J connectivity index is 1.27. The molecule has 1 amide bonds. The molecule has 2 fully saturated rings. The lowest BCUT2D eigenvalue weighted by atomic mass is 9.83. The monoisotopic (exact) mass is 408 g/mol. The fourth-order valence-electron chi connectivity index (χ4n) is 5.26. The number of amides is 1. The standard InChI is InChI=1S/C26H36N2O2/c1-2-3-10-26(29)27-23-13-11-20(12-14-23)15-17-28-16-5-4-8-24(28)22-18-21-7-6-9-25(21)30-19-22/h2-3,6-7,9,18-20,23-24H,4-5,8,10-17H2,1H3,(H,27,29)/t20-,23-,24?. The third-order valence-electron chi connectivity index (χ3n) is 7.03. The Bertz CT molecular complexity index is 803. The van der Waals surface area contributed by atoms with Gasteiger partial charge in [0.1, 0.15) is 5.76 Å². The van der Waals surface area contributed by atoms with Gasteiger partial charge in [-0.2, -0.15) is 0 Å². The Morgan fingerprint density at radius 1 is 1.20 bits per heavy atom. The maximum Gasteiger partial charge on any atom is 0.224 e. The van der Waals surface area contributed by atoms with Crippen LogP contribution in [0.3, 0.4) is 0 Å². The van der Waals surface area contributed by atoms with Crippen LogP contribution in [0.5, 0.6) is 0 Å². The van der Waals surface area contributed by atoms with Crippen LogP contribution in [0.25, 0.3) is 11.3 Å². The van der Waals surface area contributed by atoms with Gasteiger partial charge in [0.2, 0.25) is 5.91 Å². The molecule has 1 unspecified atom stereocenters. The fourth-order valence-corrected chi connectivity index (χ4v) is 5.26. The molecule has 4 heteroatoms. The van der Waals surface area contributed by atoms with E-state index < -0.39 is 0 Å². The van der Waals surface area contributed by atoms with Gasteiger partial charge >= 0.3 is 0 Å². The topological polar surface area (TPSA) is 45.5 Å². The zero-order valence-electron chi connectivity index (χ0n) is 18.3. The number of allylic oxidation sites excluding steroid dienone is 1. The predicted octanol–water partition coefficient (Wildman–Crippen LogP) is 5.94. The Morgan fingerprint density at radius 2 is 2.07 bits per heavy atom. The molecule has 0 bridgehead atoms. The number of fused-ring (bicyclic) bond motifs is 1. The highest BCUT2D eigenvalue weighted by atomic mass is 16.3. The molecule has 162 valence electrons. The van der Waals surface area contributed by atoms with E-state index in [2.05, 4.69) is 28.4 Å². The summed E-state index contributed by atoms with van der Waals surface area (Å²) >= 11 is 0. The highest BCUT2D eigenvalue weighted by Gasteiger charge is 2.27.